The summed E-state index contributed by atoms with van der Waals surface area (Å²) in [6.07, 6.45) is 1.45. The molecule has 0 bridgehead atoms. The van der Waals surface area contributed by atoms with Crippen molar-refractivity contribution < 1.29 is 19.4 Å². The number of hydrogen-bond donors (Lipinski definition) is 2. The van der Waals surface area contributed by atoms with E-state index in [2.05, 4.69) is 5.32 Å². The van der Waals surface area contributed by atoms with E-state index in [4.69, 9.17) is 9.84 Å². The van der Waals surface area contributed by atoms with Crippen LogP contribution in [0.15, 0.2) is 17.8 Å². The van der Waals surface area contributed by atoms with Gasteiger partial charge >= 0.3 is 5.97 Å². The highest BCUT2D eigenvalue weighted by atomic mass is 16.5. The maximum Gasteiger partial charge on any atom is 0.352 e. The van der Waals surface area contributed by atoms with E-state index < -0.39 is 11.9 Å². The van der Waals surface area contributed by atoms with Crippen LogP contribution in [0.1, 0.15) is 23.6 Å². The maximum absolute atomic E-state index is 11.1. The Morgan fingerprint density at radius 3 is 2.16 bits per heavy atom. The predicted octanol–water partition coefficient (Wildman–Crippen LogP) is 1.87. The summed E-state index contributed by atoms with van der Waals surface area (Å²) in [7, 11) is 1.57. The zero-order valence-electron chi connectivity index (χ0n) is 11.4. The highest BCUT2D eigenvalue weighted by Gasteiger charge is 2.11. The van der Waals surface area contributed by atoms with Crippen molar-refractivity contribution in [2.75, 3.05) is 7.11 Å². The van der Waals surface area contributed by atoms with Gasteiger partial charge in [0.05, 0.1) is 7.11 Å². The number of benzene rings is 1. The van der Waals surface area contributed by atoms with Gasteiger partial charge in [0.25, 0.3) is 0 Å². The fourth-order valence-electron chi connectivity index (χ4n) is 1.77. The van der Waals surface area contributed by atoms with Crippen LogP contribution in [0.4, 0.5) is 0 Å². The Morgan fingerprint density at radius 1 is 1.26 bits per heavy atom. The Kier molecular flexibility index (Phi) is 4.69. The second-order valence-corrected chi connectivity index (χ2v) is 4.22. The Balaban J connectivity index is 3.28. The normalized spacial score (nSPS) is 11.1. The monoisotopic (exact) mass is 263 g/mol. The van der Waals surface area contributed by atoms with Gasteiger partial charge in [-0.3, -0.25) is 4.79 Å². The molecule has 0 aliphatic heterocycles. The lowest BCUT2D eigenvalue weighted by molar-refractivity contribution is -0.134. The van der Waals surface area contributed by atoms with Crippen molar-refractivity contribution in [2.24, 2.45) is 0 Å². The number of hydrogen-bond acceptors (Lipinski definition) is 3. The molecule has 1 aromatic rings. The molecule has 0 spiro atoms. The molecule has 5 heteroatoms. The summed E-state index contributed by atoms with van der Waals surface area (Å²) in [6.45, 7) is 4.98. The summed E-state index contributed by atoms with van der Waals surface area (Å²) < 4.78 is 5.14. The first-order valence-corrected chi connectivity index (χ1v) is 5.73. The highest BCUT2D eigenvalue weighted by molar-refractivity contribution is 5.96. The van der Waals surface area contributed by atoms with Crippen LogP contribution in [-0.4, -0.2) is 24.1 Å². The van der Waals surface area contributed by atoms with Crippen molar-refractivity contribution >= 4 is 18.0 Å². The molecule has 0 fully saturated rings. The van der Waals surface area contributed by atoms with E-state index in [1.54, 1.807) is 7.11 Å². The van der Waals surface area contributed by atoms with Crippen LogP contribution >= 0.6 is 0 Å². The number of amides is 1. The molecule has 1 rings (SSSR count). The molecule has 0 saturated carbocycles. The third kappa shape index (κ3) is 3.84. The van der Waals surface area contributed by atoms with Gasteiger partial charge in [-0.15, -0.1) is 0 Å². The minimum atomic E-state index is -1.18. The Hall–Kier alpha value is -2.30. The minimum Gasteiger partial charge on any atom is -0.497 e. The number of methoxy groups -OCH3 is 1. The Labute approximate surface area is 111 Å². The highest BCUT2D eigenvalue weighted by Crippen LogP contribution is 2.23. The van der Waals surface area contributed by atoms with E-state index in [1.807, 2.05) is 26.0 Å². The lowest BCUT2D eigenvalue weighted by Crippen LogP contribution is -2.24. The molecule has 0 aliphatic rings. The number of aryl methyl sites for hydroxylation is 2. The van der Waals surface area contributed by atoms with Crippen LogP contribution < -0.4 is 10.1 Å². The standard InChI is InChI=1S/C14H17NO4/c1-8-5-11(19-4)6-9(2)12(8)7-13(14(17)18)15-10(3)16/h5-7H,1-4H3,(H,15,16)(H,17,18)/b13-7+. The van der Waals surface area contributed by atoms with Gasteiger partial charge < -0.3 is 15.2 Å². The number of nitrogens with one attached hydrogen (secondary N) is 1. The van der Waals surface area contributed by atoms with Crippen LogP contribution in [0.5, 0.6) is 5.75 Å². The number of ether oxygens (including phenoxy) is 1. The van der Waals surface area contributed by atoms with Gasteiger partial charge in [-0.05, 0) is 48.7 Å². The van der Waals surface area contributed by atoms with E-state index in [-0.39, 0.29) is 5.70 Å². The molecule has 0 atom stereocenters. The van der Waals surface area contributed by atoms with Gasteiger partial charge in [-0.1, -0.05) is 0 Å². The van der Waals surface area contributed by atoms with Crippen molar-refractivity contribution in [3.63, 3.8) is 0 Å². The van der Waals surface area contributed by atoms with E-state index in [0.717, 1.165) is 16.7 Å². The van der Waals surface area contributed by atoms with Crippen LogP contribution in [0.3, 0.4) is 0 Å². The van der Waals surface area contributed by atoms with Crippen molar-refractivity contribution in [1.29, 1.82) is 0 Å². The molecule has 0 aromatic heterocycles. The van der Waals surface area contributed by atoms with Gasteiger partial charge in [-0.2, -0.15) is 0 Å². The molecular formula is C14H17NO4. The van der Waals surface area contributed by atoms with E-state index in [1.165, 1.54) is 13.0 Å². The zero-order valence-corrected chi connectivity index (χ0v) is 11.4. The first-order valence-electron chi connectivity index (χ1n) is 5.73. The molecule has 1 aromatic carbocycles. The molecule has 0 aliphatic carbocycles. The summed E-state index contributed by atoms with van der Waals surface area (Å²) in [4.78, 5) is 22.1. The van der Waals surface area contributed by atoms with Gasteiger partial charge in [0.15, 0.2) is 0 Å². The molecule has 0 unspecified atom stereocenters. The SMILES string of the molecule is COc1cc(C)c(/C=C(/NC(C)=O)C(=O)O)c(C)c1. The lowest BCUT2D eigenvalue weighted by Gasteiger charge is -2.10. The summed E-state index contributed by atoms with van der Waals surface area (Å²) in [6, 6.07) is 3.62. The van der Waals surface area contributed by atoms with E-state index in [9.17, 15) is 9.59 Å². The van der Waals surface area contributed by atoms with Crippen LogP contribution in [0.2, 0.25) is 0 Å². The predicted molar refractivity (Wildman–Crippen MR) is 71.9 cm³/mol. The summed E-state index contributed by atoms with van der Waals surface area (Å²) in [5, 5.41) is 11.4. The number of aliphatic carboxylic acids is 1. The first kappa shape index (κ1) is 14.8. The maximum atomic E-state index is 11.1. The molecule has 102 valence electrons. The lowest BCUT2D eigenvalue weighted by atomic mass is 10.0. The molecule has 0 radical (unpaired) electrons. The summed E-state index contributed by atoms with van der Waals surface area (Å²) in [5.41, 5.74) is 2.36. The third-order valence-corrected chi connectivity index (χ3v) is 2.63. The number of carbonyl (C=O) groups is 2. The van der Waals surface area contributed by atoms with Crippen molar-refractivity contribution in [3.05, 3.63) is 34.5 Å². The van der Waals surface area contributed by atoms with Gasteiger partial charge in [0, 0.05) is 6.92 Å². The number of carbonyl (C=O) groups excluding carboxylic acids is 1. The fraction of sp³-hybridized carbons (Fsp3) is 0.286. The van der Waals surface area contributed by atoms with Crippen LogP contribution in [0.25, 0.3) is 6.08 Å². The van der Waals surface area contributed by atoms with Crippen molar-refractivity contribution in [1.82, 2.24) is 5.32 Å². The van der Waals surface area contributed by atoms with Gasteiger partial charge in [0.1, 0.15) is 11.4 Å². The molecule has 2 N–H and O–H groups in total. The number of rotatable bonds is 4. The minimum absolute atomic E-state index is 0.149. The summed E-state index contributed by atoms with van der Waals surface area (Å²) >= 11 is 0. The average molecular weight is 263 g/mol. The summed E-state index contributed by atoms with van der Waals surface area (Å²) in [5.74, 6) is -0.883. The van der Waals surface area contributed by atoms with E-state index in [0.29, 0.717) is 5.75 Å². The third-order valence-electron chi connectivity index (χ3n) is 2.63. The van der Waals surface area contributed by atoms with E-state index >= 15 is 0 Å². The van der Waals surface area contributed by atoms with Crippen LogP contribution in [-0.2, 0) is 9.59 Å². The molecule has 5 nitrogen and oxygen atoms in total. The second-order valence-electron chi connectivity index (χ2n) is 4.22. The van der Waals surface area contributed by atoms with Gasteiger partial charge in [-0.25, -0.2) is 4.79 Å². The molecule has 1 amide bonds. The van der Waals surface area contributed by atoms with Gasteiger partial charge in [0.2, 0.25) is 5.91 Å². The fourth-order valence-corrected chi connectivity index (χ4v) is 1.77. The molecule has 0 heterocycles. The quantitative estimate of drug-likeness (QED) is 0.813. The Bertz CT molecular complexity index is 523. The average Bonchev–Trinajstić information content (AvgIpc) is 2.31. The molecule has 19 heavy (non-hydrogen) atoms. The topological polar surface area (TPSA) is 75.6 Å². The molecular weight excluding hydrogens is 246 g/mol. The van der Waals surface area contributed by atoms with Crippen LogP contribution in [0, 0.1) is 13.8 Å². The molecule has 0 saturated heterocycles. The number of carboxylic acid groups (broad SMARTS) is 1. The largest absolute Gasteiger partial charge is 0.497 e. The van der Waals surface area contributed by atoms with Crippen molar-refractivity contribution in [2.45, 2.75) is 20.8 Å². The Morgan fingerprint density at radius 2 is 1.79 bits per heavy atom. The second kappa shape index (κ2) is 6.04. The smallest absolute Gasteiger partial charge is 0.352 e. The first-order chi connectivity index (χ1) is 8.85. The number of carboxylic acids is 1. The van der Waals surface area contributed by atoms with Crippen molar-refractivity contribution in [3.8, 4) is 5.75 Å². The zero-order chi connectivity index (χ0) is 14.6.